The molecule has 2 amide bonds. The number of benzene rings is 1. The van der Waals surface area contributed by atoms with Crippen LogP contribution in [-0.4, -0.2) is 25.9 Å². The number of anilines is 3. The molecule has 0 saturated carbocycles. The molecule has 0 spiro atoms. The highest BCUT2D eigenvalue weighted by atomic mass is 16.2. The number of nitrogens with zero attached hydrogens (tertiary/aromatic N) is 2. The molecule has 1 aromatic heterocycles. The van der Waals surface area contributed by atoms with Crippen LogP contribution in [0.15, 0.2) is 48.8 Å². The van der Waals surface area contributed by atoms with Gasteiger partial charge in [0.1, 0.15) is 0 Å². The minimum atomic E-state index is -0.337. The number of carbonyl (C=O) groups is 2. The van der Waals surface area contributed by atoms with Crippen molar-refractivity contribution in [3.8, 4) is 0 Å². The highest BCUT2D eigenvalue weighted by Crippen LogP contribution is 2.15. The maximum Gasteiger partial charge on any atom is 0.293 e. The van der Waals surface area contributed by atoms with Crippen LogP contribution in [0.4, 0.5) is 17.1 Å². The van der Waals surface area contributed by atoms with Crippen molar-refractivity contribution in [2.45, 2.75) is 19.9 Å². The molecule has 1 atom stereocenters. The summed E-state index contributed by atoms with van der Waals surface area (Å²) >= 11 is 0. The number of carbonyl (C=O) groups excluding carboxylic acids is 2. The zero-order valence-electron chi connectivity index (χ0n) is 14.4. The Morgan fingerprint density at radius 1 is 0.958 bits per heavy atom. The summed E-state index contributed by atoms with van der Waals surface area (Å²) in [5.74, 6) is -0.233. The first-order valence-corrected chi connectivity index (χ1v) is 7.73. The number of hydrogen-bond acceptors (Lipinski definition) is 3. The fourth-order valence-corrected chi connectivity index (χ4v) is 2.21. The van der Waals surface area contributed by atoms with Crippen LogP contribution in [0.3, 0.4) is 0 Å². The minimum absolute atomic E-state index is 0.107. The molecule has 0 unspecified atom stereocenters. The van der Waals surface area contributed by atoms with Crippen molar-refractivity contribution in [1.82, 2.24) is 0 Å². The smallest absolute Gasteiger partial charge is 0.293 e. The summed E-state index contributed by atoms with van der Waals surface area (Å²) in [5, 5.41) is 5.56. The summed E-state index contributed by atoms with van der Waals surface area (Å²) in [6.45, 7) is 3.30. The van der Waals surface area contributed by atoms with Gasteiger partial charge >= 0.3 is 0 Å². The van der Waals surface area contributed by atoms with Crippen molar-refractivity contribution in [3.63, 3.8) is 0 Å². The Morgan fingerprint density at radius 3 is 1.92 bits per heavy atom. The lowest BCUT2D eigenvalue weighted by molar-refractivity contribution is -0.705. The van der Waals surface area contributed by atoms with E-state index < -0.39 is 0 Å². The van der Waals surface area contributed by atoms with Gasteiger partial charge in [0, 0.05) is 57.1 Å². The molecule has 6 heteroatoms. The Balaban J connectivity index is 2.01. The first-order chi connectivity index (χ1) is 11.4. The van der Waals surface area contributed by atoms with Crippen molar-refractivity contribution in [3.05, 3.63) is 48.8 Å². The van der Waals surface area contributed by atoms with E-state index in [2.05, 4.69) is 10.6 Å². The molecular formula is C18H23N4O2+. The van der Waals surface area contributed by atoms with E-state index in [0.717, 1.165) is 5.69 Å². The minimum Gasteiger partial charge on any atom is -0.377 e. The van der Waals surface area contributed by atoms with Gasteiger partial charge in [-0.25, -0.2) is 0 Å². The van der Waals surface area contributed by atoms with Crippen molar-refractivity contribution < 1.29 is 14.2 Å². The Kier molecular flexibility index (Phi) is 5.52. The standard InChI is InChI=1S/C18H22N4O2/c1-13(22-11-9-17(10-12-22)21(3)4)18(24)20-16-7-5-15(6-8-16)19-14(2)23/h5-13H,1-4H3,(H-,19,20,23,24)/p+1/t13-/m0/s1. The molecule has 24 heavy (non-hydrogen) atoms. The first kappa shape index (κ1) is 17.5. The van der Waals surface area contributed by atoms with Crippen molar-refractivity contribution in [2.24, 2.45) is 0 Å². The molecule has 1 heterocycles. The lowest BCUT2D eigenvalue weighted by Crippen LogP contribution is -2.44. The van der Waals surface area contributed by atoms with Crippen LogP contribution in [0.2, 0.25) is 0 Å². The quantitative estimate of drug-likeness (QED) is 0.828. The zero-order chi connectivity index (χ0) is 17.7. The average molecular weight is 327 g/mol. The van der Waals surface area contributed by atoms with E-state index in [-0.39, 0.29) is 17.9 Å². The number of pyridine rings is 1. The molecule has 2 aromatic rings. The summed E-state index contributed by atoms with van der Waals surface area (Å²) in [4.78, 5) is 25.4. The molecule has 0 aliphatic heterocycles. The van der Waals surface area contributed by atoms with Crippen molar-refractivity contribution >= 4 is 28.9 Å². The van der Waals surface area contributed by atoms with Crippen LogP contribution in [0.1, 0.15) is 19.9 Å². The number of aromatic nitrogens is 1. The second-order valence-electron chi connectivity index (χ2n) is 5.82. The van der Waals surface area contributed by atoms with Gasteiger partial charge in [0.2, 0.25) is 11.9 Å². The number of rotatable bonds is 5. The monoisotopic (exact) mass is 327 g/mol. The van der Waals surface area contributed by atoms with Crippen molar-refractivity contribution in [2.75, 3.05) is 29.6 Å². The molecule has 0 radical (unpaired) electrons. The third-order valence-corrected chi connectivity index (χ3v) is 3.65. The molecule has 2 rings (SSSR count). The van der Waals surface area contributed by atoms with E-state index in [4.69, 9.17) is 0 Å². The zero-order valence-corrected chi connectivity index (χ0v) is 14.4. The Bertz CT molecular complexity index is 709. The van der Waals surface area contributed by atoms with Gasteiger partial charge in [-0.3, -0.25) is 9.59 Å². The van der Waals surface area contributed by atoms with Crippen LogP contribution in [-0.2, 0) is 9.59 Å². The maximum absolute atomic E-state index is 12.4. The fraction of sp³-hybridized carbons (Fsp3) is 0.278. The normalized spacial score (nSPS) is 11.5. The van der Waals surface area contributed by atoms with Gasteiger partial charge in [0.15, 0.2) is 12.4 Å². The predicted octanol–water partition coefficient (Wildman–Crippen LogP) is 2.20. The summed E-state index contributed by atoms with van der Waals surface area (Å²) < 4.78 is 1.86. The van der Waals surface area contributed by atoms with Gasteiger partial charge in [0.05, 0.1) is 0 Å². The fourth-order valence-electron chi connectivity index (χ4n) is 2.21. The molecule has 0 fully saturated rings. The molecule has 0 saturated heterocycles. The molecule has 2 N–H and O–H groups in total. The van der Waals surface area contributed by atoms with Gasteiger partial charge in [-0.15, -0.1) is 0 Å². The SMILES string of the molecule is CC(=O)Nc1ccc(NC(=O)[C@H](C)[n+]2ccc(N(C)C)cc2)cc1. The van der Waals surface area contributed by atoms with Gasteiger partial charge < -0.3 is 15.5 Å². The second-order valence-corrected chi connectivity index (χ2v) is 5.82. The summed E-state index contributed by atoms with van der Waals surface area (Å²) in [6.07, 6.45) is 3.78. The highest BCUT2D eigenvalue weighted by molar-refractivity contribution is 5.93. The number of amides is 2. The molecule has 1 aromatic carbocycles. The van der Waals surface area contributed by atoms with E-state index in [9.17, 15) is 9.59 Å². The lowest BCUT2D eigenvalue weighted by atomic mass is 10.2. The van der Waals surface area contributed by atoms with E-state index in [1.54, 1.807) is 24.3 Å². The lowest BCUT2D eigenvalue weighted by Gasteiger charge is -2.12. The van der Waals surface area contributed by atoms with Gasteiger partial charge in [-0.1, -0.05) is 0 Å². The summed E-state index contributed by atoms with van der Waals surface area (Å²) in [6, 6.07) is 10.6. The Hall–Kier alpha value is -2.89. The molecule has 0 aliphatic rings. The van der Waals surface area contributed by atoms with Crippen LogP contribution in [0.5, 0.6) is 0 Å². The van der Waals surface area contributed by atoms with Crippen LogP contribution in [0.25, 0.3) is 0 Å². The van der Waals surface area contributed by atoms with E-state index in [0.29, 0.717) is 11.4 Å². The maximum atomic E-state index is 12.4. The summed E-state index contributed by atoms with van der Waals surface area (Å²) in [5.41, 5.74) is 2.46. The van der Waals surface area contributed by atoms with Gasteiger partial charge in [0.25, 0.3) is 5.91 Å². The van der Waals surface area contributed by atoms with Gasteiger partial charge in [-0.05, 0) is 24.3 Å². The predicted molar refractivity (Wildman–Crippen MR) is 95.1 cm³/mol. The van der Waals surface area contributed by atoms with Crippen LogP contribution in [0, 0.1) is 0 Å². The van der Waals surface area contributed by atoms with E-state index in [1.165, 1.54) is 6.92 Å². The molecule has 126 valence electrons. The first-order valence-electron chi connectivity index (χ1n) is 7.73. The van der Waals surface area contributed by atoms with Gasteiger partial charge in [-0.2, -0.15) is 4.57 Å². The Labute approximate surface area is 142 Å². The average Bonchev–Trinajstić information content (AvgIpc) is 2.55. The second kappa shape index (κ2) is 7.59. The summed E-state index contributed by atoms with van der Waals surface area (Å²) in [7, 11) is 3.95. The van der Waals surface area contributed by atoms with E-state index in [1.807, 2.05) is 55.0 Å². The topological polar surface area (TPSA) is 65.3 Å². The molecular weight excluding hydrogens is 304 g/mol. The largest absolute Gasteiger partial charge is 0.377 e. The number of nitrogens with one attached hydrogen (secondary N) is 2. The molecule has 0 aliphatic carbocycles. The number of hydrogen-bond donors (Lipinski definition) is 2. The van der Waals surface area contributed by atoms with Crippen molar-refractivity contribution in [1.29, 1.82) is 0 Å². The molecule has 0 bridgehead atoms. The van der Waals surface area contributed by atoms with E-state index >= 15 is 0 Å². The third kappa shape index (κ3) is 4.55. The highest BCUT2D eigenvalue weighted by Gasteiger charge is 2.21. The Morgan fingerprint density at radius 2 is 1.46 bits per heavy atom. The molecule has 6 nitrogen and oxygen atoms in total. The van der Waals surface area contributed by atoms with Crippen LogP contribution >= 0.6 is 0 Å². The van der Waals surface area contributed by atoms with Crippen LogP contribution < -0.4 is 20.1 Å². The third-order valence-electron chi connectivity index (χ3n) is 3.65.